The molecule has 0 radical (unpaired) electrons. The summed E-state index contributed by atoms with van der Waals surface area (Å²) in [5.41, 5.74) is 1.75. The number of hydrogen-bond acceptors (Lipinski definition) is 3. The van der Waals surface area contributed by atoms with Gasteiger partial charge >= 0.3 is 6.18 Å². The van der Waals surface area contributed by atoms with Crippen molar-refractivity contribution in [2.24, 2.45) is 0 Å². The van der Waals surface area contributed by atoms with Crippen LogP contribution in [0.1, 0.15) is 33.5 Å². The van der Waals surface area contributed by atoms with Gasteiger partial charge in [-0.25, -0.2) is 12.8 Å². The fourth-order valence-electron chi connectivity index (χ4n) is 4.27. The second-order valence-corrected chi connectivity index (χ2v) is 11.1. The predicted molar refractivity (Wildman–Crippen MR) is 134 cm³/mol. The third kappa shape index (κ3) is 5.45. The average molecular weight is 555 g/mol. The second-order valence-electron chi connectivity index (χ2n) is 8.84. The van der Waals surface area contributed by atoms with Gasteiger partial charge in [0.25, 0.3) is 15.9 Å². The number of halogens is 5. The Labute approximate surface area is 217 Å². The fraction of sp³-hybridized carbons (Fsp3) is 0.269. The van der Waals surface area contributed by atoms with Crippen LogP contribution >= 0.6 is 11.6 Å². The van der Waals surface area contributed by atoms with Gasteiger partial charge in [0.05, 0.1) is 21.2 Å². The molecule has 0 aliphatic carbocycles. The number of amides is 1. The molecule has 4 rings (SSSR count). The number of sulfonamides is 1. The van der Waals surface area contributed by atoms with Crippen molar-refractivity contribution in [3.63, 3.8) is 0 Å². The van der Waals surface area contributed by atoms with E-state index in [1.54, 1.807) is 13.8 Å². The average Bonchev–Trinajstić information content (AvgIpc) is 2.82. The summed E-state index contributed by atoms with van der Waals surface area (Å²) in [5, 5.41) is -0.0652. The van der Waals surface area contributed by atoms with Gasteiger partial charge in [-0.05, 0) is 85.8 Å². The Balaban J connectivity index is 1.77. The highest BCUT2D eigenvalue weighted by molar-refractivity contribution is 7.92. The molecule has 3 aromatic carbocycles. The summed E-state index contributed by atoms with van der Waals surface area (Å²) in [6.07, 6.45) is -3.98. The van der Waals surface area contributed by atoms with Crippen LogP contribution in [0.3, 0.4) is 0 Å². The number of carbonyl (C=O) groups excluding carboxylic acids is 1. The van der Waals surface area contributed by atoms with Crippen LogP contribution in [0, 0.1) is 19.7 Å². The van der Waals surface area contributed by atoms with E-state index in [1.165, 1.54) is 53.4 Å². The Morgan fingerprint density at radius 1 is 1.05 bits per heavy atom. The summed E-state index contributed by atoms with van der Waals surface area (Å²) in [7, 11) is -4.57. The third-order valence-electron chi connectivity index (χ3n) is 6.28. The molecule has 1 aliphatic rings. The predicted octanol–water partition coefficient (Wildman–Crippen LogP) is 6.45. The molecular weight excluding hydrogens is 532 g/mol. The van der Waals surface area contributed by atoms with Crippen LogP contribution in [-0.4, -0.2) is 33.6 Å². The van der Waals surface area contributed by atoms with Gasteiger partial charge < -0.3 is 4.90 Å². The molecule has 0 aromatic heterocycles. The van der Waals surface area contributed by atoms with Crippen LogP contribution in [0.25, 0.3) is 0 Å². The minimum atomic E-state index is -4.81. The lowest BCUT2D eigenvalue weighted by molar-refractivity contribution is -0.117. The highest BCUT2D eigenvalue weighted by Gasteiger charge is 2.38. The lowest BCUT2D eigenvalue weighted by Crippen LogP contribution is -2.40. The lowest BCUT2D eigenvalue weighted by atomic mass is 9.99. The number of benzene rings is 3. The van der Waals surface area contributed by atoms with E-state index in [1.807, 2.05) is 0 Å². The number of rotatable bonds is 5. The van der Waals surface area contributed by atoms with E-state index in [4.69, 9.17) is 11.6 Å². The Hall–Kier alpha value is -3.11. The summed E-state index contributed by atoms with van der Waals surface area (Å²) < 4.78 is 82.1. The first-order chi connectivity index (χ1) is 17.3. The molecule has 0 fully saturated rings. The lowest BCUT2D eigenvalue weighted by Gasteiger charge is -2.32. The van der Waals surface area contributed by atoms with Gasteiger partial charge in [0.15, 0.2) is 0 Å². The topological polar surface area (TPSA) is 57.7 Å². The van der Waals surface area contributed by atoms with Crippen molar-refractivity contribution < 1.29 is 30.8 Å². The maximum absolute atomic E-state index is 14.4. The SMILES string of the molecule is Cc1ccc(S(=O)(=O)N(CC(F)(F)F)c2ccc3c(c2)CCCN3C(=O)c2c(F)cccc2Cl)cc1C. The first-order valence-corrected chi connectivity index (χ1v) is 13.2. The van der Waals surface area contributed by atoms with Crippen LogP contribution in [-0.2, 0) is 16.4 Å². The quantitative estimate of drug-likeness (QED) is 0.341. The first-order valence-electron chi connectivity index (χ1n) is 11.3. The van der Waals surface area contributed by atoms with Gasteiger partial charge in [-0.15, -0.1) is 0 Å². The van der Waals surface area contributed by atoms with E-state index < -0.39 is 34.5 Å². The Morgan fingerprint density at radius 2 is 1.78 bits per heavy atom. The minimum Gasteiger partial charge on any atom is -0.308 e. The van der Waals surface area contributed by atoms with E-state index in [0.29, 0.717) is 34.0 Å². The van der Waals surface area contributed by atoms with Crippen molar-refractivity contribution in [2.45, 2.75) is 37.8 Å². The molecule has 196 valence electrons. The Bertz CT molecular complexity index is 1450. The summed E-state index contributed by atoms with van der Waals surface area (Å²) in [6, 6.07) is 12.0. The number of nitrogens with zero attached hydrogens (tertiary/aromatic N) is 2. The number of aryl methyl sites for hydroxylation is 3. The standard InChI is InChI=1S/C26H23ClF4N2O3S/c1-16-8-10-20(13-17(16)2)37(35,36)33(15-26(29,30)31)19-9-11-23-18(14-19)5-4-12-32(23)25(34)24-21(27)6-3-7-22(24)28/h3,6-11,13-14H,4-5,12,15H2,1-2H3. The molecule has 0 N–H and O–H groups in total. The number of hydrogen-bond donors (Lipinski definition) is 0. The number of fused-ring (bicyclic) bond motifs is 1. The molecule has 37 heavy (non-hydrogen) atoms. The van der Waals surface area contributed by atoms with Crippen LogP contribution in [0.15, 0.2) is 59.5 Å². The van der Waals surface area contributed by atoms with Crippen molar-refractivity contribution >= 4 is 38.9 Å². The summed E-state index contributed by atoms with van der Waals surface area (Å²) in [6.45, 7) is 1.95. The molecule has 0 saturated carbocycles. The summed E-state index contributed by atoms with van der Waals surface area (Å²) in [5.74, 6) is -1.48. The van der Waals surface area contributed by atoms with Crippen molar-refractivity contribution in [1.29, 1.82) is 0 Å². The molecule has 0 atom stereocenters. The summed E-state index contributed by atoms with van der Waals surface area (Å²) >= 11 is 6.06. The maximum atomic E-state index is 14.4. The van der Waals surface area contributed by atoms with Crippen molar-refractivity contribution in [3.8, 4) is 0 Å². The Morgan fingerprint density at radius 3 is 2.43 bits per heavy atom. The van der Waals surface area contributed by atoms with Gasteiger partial charge in [0, 0.05) is 12.2 Å². The zero-order valence-corrected chi connectivity index (χ0v) is 21.5. The molecule has 1 heterocycles. The minimum absolute atomic E-state index is 0.0652. The first kappa shape index (κ1) is 26.9. The van der Waals surface area contributed by atoms with Crippen molar-refractivity contribution in [3.05, 3.63) is 87.7 Å². The maximum Gasteiger partial charge on any atom is 0.407 e. The highest BCUT2D eigenvalue weighted by Crippen LogP contribution is 2.36. The Kier molecular flexibility index (Phi) is 7.27. The van der Waals surface area contributed by atoms with Crippen molar-refractivity contribution in [1.82, 2.24) is 0 Å². The molecule has 11 heteroatoms. The van der Waals surface area contributed by atoms with Gasteiger partial charge in [0.1, 0.15) is 12.4 Å². The molecule has 1 amide bonds. The number of anilines is 2. The fourth-order valence-corrected chi connectivity index (χ4v) is 6.04. The molecule has 0 saturated heterocycles. The van der Waals surface area contributed by atoms with Gasteiger partial charge in [-0.2, -0.15) is 13.2 Å². The summed E-state index contributed by atoms with van der Waals surface area (Å²) in [4.78, 5) is 14.2. The molecule has 0 unspecified atom stereocenters. The molecule has 0 bridgehead atoms. The molecule has 1 aliphatic heterocycles. The van der Waals surface area contributed by atoms with E-state index >= 15 is 0 Å². The zero-order chi connectivity index (χ0) is 27.1. The van der Waals surface area contributed by atoms with Crippen LogP contribution in [0.2, 0.25) is 5.02 Å². The largest absolute Gasteiger partial charge is 0.407 e. The van der Waals surface area contributed by atoms with Gasteiger partial charge in [-0.1, -0.05) is 23.7 Å². The van der Waals surface area contributed by atoms with E-state index in [9.17, 15) is 30.8 Å². The van der Waals surface area contributed by atoms with Gasteiger partial charge in [0.2, 0.25) is 0 Å². The van der Waals surface area contributed by atoms with E-state index in [2.05, 4.69) is 0 Å². The number of alkyl halides is 3. The van der Waals surface area contributed by atoms with E-state index in [0.717, 1.165) is 11.6 Å². The molecule has 0 spiro atoms. The van der Waals surface area contributed by atoms with Crippen LogP contribution in [0.4, 0.5) is 28.9 Å². The molecule has 3 aromatic rings. The molecule has 5 nitrogen and oxygen atoms in total. The van der Waals surface area contributed by atoms with Crippen molar-refractivity contribution in [2.75, 3.05) is 22.3 Å². The van der Waals surface area contributed by atoms with Crippen LogP contribution in [0.5, 0.6) is 0 Å². The number of carbonyl (C=O) groups is 1. The zero-order valence-electron chi connectivity index (χ0n) is 19.9. The normalized spacial score (nSPS) is 13.9. The third-order valence-corrected chi connectivity index (χ3v) is 8.37. The van der Waals surface area contributed by atoms with E-state index in [-0.39, 0.29) is 27.7 Å². The van der Waals surface area contributed by atoms with Gasteiger partial charge in [-0.3, -0.25) is 9.10 Å². The molecular formula is C26H23ClF4N2O3S. The monoisotopic (exact) mass is 554 g/mol. The highest BCUT2D eigenvalue weighted by atomic mass is 35.5. The van der Waals surface area contributed by atoms with Crippen LogP contribution < -0.4 is 9.21 Å². The smallest absolute Gasteiger partial charge is 0.308 e. The second kappa shape index (κ2) is 9.98.